The van der Waals surface area contributed by atoms with E-state index in [9.17, 15) is 9.59 Å². The number of hydrogen-bond donors (Lipinski definition) is 1. The van der Waals surface area contributed by atoms with Crippen LogP contribution >= 0.6 is 0 Å². The molecule has 0 bridgehead atoms. The van der Waals surface area contributed by atoms with Crippen LogP contribution in [0.4, 0.5) is 0 Å². The van der Waals surface area contributed by atoms with E-state index in [4.69, 9.17) is 9.84 Å². The lowest BCUT2D eigenvalue weighted by Gasteiger charge is -2.10. The summed E-state index contributed by atoms with van der Waals surface area (Å²) < 4.78 is 4.80. The number of benzene rings is 1. The summed E-state index contributed by atoms with van der Waals surface area (Å²) >= 11 is 0. The van der Waals surface area contributed by atoms with Gasteiger partial charge in [0.1, 0.15) is 0 Å². The Balaban J connectivity index is 2.05. The van der Waals surface area contributed by atoms with Crippen LogP contribution in [-0.4, -0.2) is 23.7 Å². The first-order valence-corrected chi connectivity index (χ1v) is 8.58. The Hall–Kier alpha value is -1.84. The summed E-state index contributed by atoms with van der Waals surface area (Å²) in [5.74, 6) is -2.69. The Bertz CT molecular complexity index is 456. The summed E-state index contributed by atoms with van der Waals surface area (Å²) in [6.45, 7) is 1.91. The van der Waals surface area contributed by atoms with Gasteiger partial charge >= 0.3 is 11.9 Å². The van der Waals surface area contributed by atoms with Gasteiger partial charge in [0, 0.05) is 0 Å². The number of ether oxygens (including phenoxy) is 1. The number of aliphatic carboxylic acids is 1. The zero-order chi connectivity index (χ0) is 16.9. The van der Waals surface area contributed by atoms with Crippen LogP contribution in [0.2, 0.25) is 0 Å². The Kier molecular flexibility index (Phi) is 9.76. The molecule has 1 aromatic carbocycles. The second-order valence-electron chi connectivity index (χ2n) is 5.79. The van der Waals surface area contributed by atoms with Gasteiger partial charge in [0.25, 0.3) is 0 Å². The smallest absolute Gasteiger partial charge is 0.320 e. The molecule has 23 heavy (non-hydrogen) atoms. The van der Waals surface area contributed by atoms with Gasteiger partial charge in [0.15, 0.2) is 5.92 Å². The maximum absolute atomic E-state index is 11.5. The molecule has 0 amide bonds. The highest BCUT2D eigenvalue weighted by Gasteiger charge is 2.26. The largest absolute Gasteiger partial charge is 0.481 e. The highest BCUT2D eigenvalue weighted by Crippen LogP contribution is 2.15. The topological polar surface area (TPSA) is 63.6 Å². The maximum atomic E-state index is 11.5. The van der Waals surface area contributed by atoms with Crippen molar-refractivity contribution in [3.8, 4) is 0 Å². The fourth-order valence-electron chi connectivity index (χ4n) is 2.61. The Morgan fingerprint density at radius 3 is 2.22 bits per heavy atom. The van der Waals surface area contributed by atoms with Crippen LogP contribution in [0.3, 0.4) is 0 Å². The highest BCUT2D eigenvalue weighted by atomic mass is 16.5. The van der Waals surface area contributed by atoms with Crippen LogP contribution in [-0.2, 0) is 20.7 Å². The molecule has 0 spiro atoms. The molecule has 128 valence electrons. The number of esters is 1. The number of aryl methyl sites for hydroxylation is 1. The van der Waals surface area contributed by atoms with Crippen molar-refractivity contribution in [2.45, 2.75) is 58.3 Å². The second kappa shape index (κ2) is 11.7. The summed E-state index contributed by atoms with van der Waals surface area (Å²) in [7, 11) is 0. The summed E-state index contributed by atoms with van der Waals surface area (Å²) in [6.07, 6.45) is 7.83. The van der Waals surface area contributed by atoms with Crippen molar-refractivity contribution in [1.29, 1.82) is 0 Å². The number of carbonyl (C=O) groups excluding carboxylic acids is 1. The lowest BCUT2D eigenvalue weighted by atomic mass is 10.00. The molecule has 0 aliphatic carbocycles. The number of hydrogen-bond acceptors (Lipinski definition) is 3. The van der Waals surface area contributed by atoms with E-state index in [1.807, 2.05) is 6.07 Å². The number of carbonyl (C=O) groups is 2. The second-order valence-corrected chi connectivity index (χ2v) is 5.79. The Morgan fingerprint density at radius 2 is 1.61 bits per heavy atom. The molecular formula is C19H28O4. The number of rotatable bonds is 12. The minimum absolute atomic E-state index is 0.226. The van der Waals surface area contributed by atoms with E-state index < -0.39 is 17.9 Å². The molecule has 0 aromatic heterocycles. The van der Waals surface area contributed by atoms with Crippen molar-refractivity contribution in [3.05, 3.63) is 35.9 Å². The van der Waals surface area contributed by atoms with Gasteiger partial charge in [-0.3, -0.25) is 9.59 Å². The molecule has 1 N–H and O–H groups in total. The monoisotopic (exact) mass is 320 g/mol. The van der Waals surface area contributed by atoms with E-state index in [2.05, 4.69) is 24.3 Å². The first-order valence-electron chi connectivity index (χ1n) is 8.58. The minimum atomic E-state index is -1.08. The van der Waals surface area contributed by atoms with Gasteiger partial charge in [0.2, 0.25) is 0 Å². The van der Waals surface area contributed by atoms with Crippen LogP contribution < -0.4 is 0 Å². The molecule has 0 radical (unpaired) electrons. The normalized spacial score (nSPS) is 11.9. The third-order valence-corrected chi connectivity index (χ3v) is 3.92. The third kappa shape index (κ3) is 8.38. The Morgan fingerprint density at radius 1 is 1.00 bits per heavy atom. The lowest BCUT2D eigenvalue weighted by molar-refractivity contribution is -0.158. The molecule has 0 fully saturated rings. The summed E-state index contributed by atoms with van der Waals surface area (Å²) in [6, 6.07) is 10.5. The molecule has 0 saturated heterocycles. The van der Waals surface area contributed by atoms with Crippen molar-refractivity contribution < 1.29 is 19.4 Å². The van der Waals surface area contributed by atoms with Crippen LogP contribution in [0.25, 0.3) is 0 Å². The lowest BCUT2D eigenvalue weighted by Crippen LogP contribution is -2.25. The molecule has 4 heteroatoms. The number of unbranched alkanes of at least 4 members (excludes halogenated alkanes) is 5. The van der Waals surface area contributed by atoms with Crippen molar-refractivity contribution in [3.63, 3.8) is 0 Å². The van der Waals surface area contributed by atoms with E-state index in [1.54, 1.807) is 6.92 Å². The first-order chi connectivity index (χ1) is 11.1. The van der Waals surface area contributed by atoms with Crippen LogP contribution in [0.15, 0.2) is 30.3 Å². The Labute approximate surface area is 138 Å². The molecule has 0 saturated carbocycles. The molecule has 4 nitrogen and oxygen atoms in total. The zero-order valence-corrected chi connectivity index (χ0v) is 14.0. The van der Waals surface area contributed by atoms with Crippen molar-refractivity contribution in [2.24, 2.45) is 5.92 Å². The SMILES string of the molecule is CCOC(=O)[C@@H](CCCCCCCCc1ccccc1)C(=O)O. The summed E-state index contributed by atoms with van der Waals surface area (Å²) in [4.78, 5) is 22.6. The minimum Gasteiger partial charge on any atom is -0.481 e. The fraction of sp³-hybridized carbons (Fsp3) is 0.579. The maximum Gasteiger partial charge on any atom is 0.320 e. The van der Waals surface area contributed by atoms with Gasteiger partial charge in [-0.15, -0.1) is 0 Å². The average molecular weight is 320 g/mol. The van der Waals surface area contributed by atoms with E-state index in [0.717, 1.165) is 32.1 Å². The van der Waals surface area contributed by atoms with Gasteiger partial charge in [0.05, 0.1) is 6.61 Å². The summed E-state index contributed by atoms with van der Waals surface area (Å²) in [5, 5.41) is 9.05. The number of carboxylic acids is 1. The van der Waals surface area contributed by atoms with Crippen LogP contribution in [0, 0.1) is 5.92 Å². The molecular weight excluding hydrogens is 292 g/mol. The van der Waals surface area contributed by atoms with E-state index in [1.165, 1.54) is 18.4 Å². The quantitative estimate of drug-likeness (QED) is 0.356. The van der Waals surface area contributed by atoms with Crippen molar-refractivity contribution in [1.82, 2.24) is 0 Å². The molecule has 1 atom stereocenters. The average Bonchev–Trinajstić information content (AvgIpc) is 2.54. The predicted octanol–water partition coefficient (Wildman–Crippen LogP) is 4.22. The zero-order valence-electron chi connectivity index (χ0n) is 14.0. The molecule has 0 unspecified atom stereocenters. The van der Waals surface area contributed by atoms with Gasteiger partial charge < -0.3 is 9.84 Å². The molecule has 1 aromatic rings. The van der Waals surface area contributed by atoms with Gasteiger partial charge in [-0.25, -0.2) is 0 Å². The van der Waals surface area contributed by atoms with Gasteiger partial charge in [-0.05, 0) is 31.7 Å². The van der Waals surface area contributed by atoms with E-state index in [0.29, 0.717) is 6.42 Å². The van der Waals surface area contributed by atoms with E-state index in [-0.39, 0.29) is 6.61 Å². The first kappa shape index (κ1) is 19.2. The van der Waals surface area contributed by atoms with Gasteiger partial charge in [-0.1, -0.05) is 62.4 Å². The fourth-order valence-corrected chi connectivity index (χ4v) is 2.61. The van der Waals surface area contributed by atoms with Crippen molar-refractivity contribution in [2.75, 3.05) is 6.61 Å². The predicted molar refractivity (Wildman–Crippen MR) is 90.2 cm³/mol. The standard InChI is InChI=1S/C19H28O4/c1-2-23-19(22)17(18(20)21)15-11-6-4-3-5-8-12-16-13-9-7-10-14-16/h7,9-10,13-14,17H,2-6,8,11-12,15H2,1H3,(H,20,21)/t17-/m0/s1. The molecule has 0 heterocycles. The summed E-state index contributed by atoms with van der Waals surface area (Å²) in [5.41, 5.74) is 1.38. The molecule has 0 aliphatic heterocycles. The van der Waals surface area contributed by atoms with E-state index >= 15 is 0 Å². The van der Waals surface area contributed by atoms with Crippen molar-refractivity contribution >= 4 is 11.9 Å². The molecule has 0 aliphatic rings. The highest BCUT2D eigenvalue weighted by molar-refractivity contribution is 5.93. The van der Waals surface area contributed by atoms with Crippen LogP contribution in [0.5, 0.6) is 0 Å². The van der Waals surface area contributed by atoms with Gasteiger partial charge in [-0.2, -0.15) is 0 Å². The van der Waals surface area contributed by atoms with Crippen LogP contribution in [0.1, 0.15) is 57.4 Å². The third-order valence-electron chi connectivity index (χ3n) is 3.92. The molecule has 1 rings (SSSR count). The number of carboxylic acid groups (broad SMARTS) is 1.